The molecule has 5 heterocycles. The van der Waals surface area contributed by atoms with E-state index in [4.69, 9.17) is 33.5 Å². The molecule has 1 saturated carbocycles. The van der Waals surface area contributed by atoms with Gasteiger partial charge in [-0.2, -0.15) is 4.98 Å². The molecule has 3 aromatic heterocycles. The summed E-state index contributed by atoms with van der Waals surface area (Å²) in [5.41, 5.74) is 5.58. The number of amides is 9. The molecule has 2 fully saturated rings. The number of fused-ring (bicyclic) bond motifs is 1. The van der Waals surface area contributed by atoms with Crippen molar-refractivity contribution in [2.75, 3.05) is 44.0 Å². The highest BCUT2D eigenvalue weighted by atomic mass is 32.5. The summed E-state index contributed by atoms with van der Waals surface area (Å²) in [5, 5.41) is 13.3. The Bertz CT molecular complexity index is 3630. The van der Waals surface area contributed by atoms with Gasteiger partial charge in [-0.3, -0.25) is 53.3 Å². The molecule has 8 atom stereocenters. The minimum Gasteiger partial charge on any atom is -0.474 e. The van der Waals surface area contributed by atoms with Gasteiger partial charge in [-0.1, -0.05) is 50.6 Å². The summed E-state index contributed by atoms with van der Waals surface area (Å²) in [6.07, 6.45) is 6.57. The van der Waals surface area contributed by atoms with Gasteiger partial charge in [0, 0.05) is 79.8 Å². The maximum absolute atomic E-state index is 14.0. The van der Waals surface area contributed by atoms with Crippen molar-refractivity contribution >= 4 is 97.1 Å². The molecule has 2 aliphatic heterocycles. The first-order chi connectivity index (χ1) is 44.5. The first-order valence-corrected chi connectivity index (χ1v) is 33.5. The van der Waals surface area contributed by atoms with Crippen LogP contribution in [-0.2, 0) is 76.5 Å². The molecular formula is C58H73N14O18P2S+. The van der Waals surface area contributed by atoms with Gasteiger partial charge in [-0.15, -0.1) is 9.05 Å². The van der Waals surface area contributed by atoms with E-state index in [9.17, 15) is 57.5 Å². The number of nitrogens with one attached hydrogen (secondary N) is 6. The van der Waals surface area contributed by atoms with Gasteiger partial charge in [0.1, 0.15) is 37.7 Å². The number of hydrogen-bond acceptors (Lipinski definition) is 21. The maximum Gasteiger partial charge on any atom is 0.697 e. The lowest BCUT2D eigenvalue weighted by Gasteiger charge is -2.25. The van der Waals surface area contributed by atoms with Crippen molar-refractivity contribution in [3.05, 3.63) is 113 Å². The summed E-state index contributed by atoms with van der Waals surface area (Å²) < 4.78 is 49.1. The first kappa shape index (κ1) is 70.4. The van der Waals surface area contributed by atoms with Crippen LogP contribution in [0, 0.1) is 11.8 Å². The number of aromatic amines is 1. The van der Waals surface area contributed by atoms with Gasteiger partial charge in [-0.25, -0.2) is 24.5 Å². The Labute approximate surface area is 538 Å². The number of nitrogens with zero attached hydrogens (tertiary/aromatic N) is 7. The van der Waals surface area contributed by atoms with Gasteiger partial charge in [0.2, 0.25) is 29.5 Å². The van der Waals surface area contributed by atoms with Crippen molar-refractivity contribution in [3.8, 4) is 5.88 Å². The number of imidazole rings is 1. The van der Waals surface area contributed by atoms with E-state index in [1.807, 2.05) is 0 Å². The Hall–Kier alpha value is -8.52. The summed E-state index contributed by atoms with van der Waals surface area (Å²) in [6, 6.07) is 11.5. The number of primary amides is 1. The van der Waals surface area contributed by atoms with Crippen molar-refractivity contribution in [3.63, 3.8) is 0 Å². The largest absolute Gasteiger partial charge is 0.697 e. The van der Waals surface area contributed by atoms with Gasteiger partial charge in [-0.05, 0) is 97.9 Å². The summed E-state index contributed by atoms with van der Waals surface area (Å²) in [6.45, 7) is -0.914. The number of urea groups is 1. The summed E-state index contributed by atoms with van der Waals surface area (Å²) >= 11 is 4.63. The molecule has 0 spiro atoms. The molecule has 35 heteroatoms. The van der Waals surface area contributed by atoms with E-state index in [1.165, 1.54) is 47.4 Å². The predicted octanol–water partition coefficient (Wildman–Crippen LogP) is 4.25. The van der Waals surface area contributed by atoms with Crippen molar-refractivity contribution in [1.82, 2.24) is 55.2 Å². The third-order valence-electron chi connectivity index (χ3n) is 15.1. The predicted molar refractivity (Wildman–Crippen MR) is 335 cm³/mol. The maximum atomic E-state index is 14.0. The summed E-state index contributed by atoms with van der Waals surface area (Å²) in [5.74, 6) is -3.32. The van der Waals surface area contributed by atoms with Crippen LogP contribution >= 0.6 is 15.0 Å². The fourth-order valence-corrected chi connectivity index (χ4v) is 11.7. The third kappa shape index (κ3) is 21.0. The molecule has 8 rings (SSSR count). The monoisotopic (exact) mass is 1350 g/mol. The first-order valence-electron chi connectivity index (χ1n) is 29.8. The second kappa shape index (κ2) is 33.4. The van der Waals surface area contributed by atoms with Crippen molar-refractivity contribution in [1.29, 1.82) is 0 Å². The number of hydrogen-bond donors (Lipinski definition) is 9. The van der Waals surface area contributed by atoms with E-state index in [-0.39, 0.29) is 118 Å². The van der Waals surface area contributed by atoms with Crippen LogP contribution < -0.4 is 42.6 Å². The van der Waals surface area contributed by atoms with E-state index in [0.717, 1.165) is 17.7 Å². The quantitative estimate of drug-likeness (QED) is 0.0161. The zero-order chi connectivity index (χ0) is 66.8. The van der Waals surface area contributed by atoms with Crippen LogP contribution in [0.3, 0.4) is 0 Å². The Morgan fingerprint density at radius 3 is 2.41 bits per heavy atom. The normalized spacial score (nSPS) is 18.7. The van der Waals surface area contributed by atoms with Crippen molar-refractivity contribution in [2.45, 2.75) is 128 Å². The van der Waals surface area contributed by atoms with E-state index in [1.54, 1.807) is 68.6 Å². The SMILES string of the molecule is CC(C)C(NC(=O)CCCCCN1C(=O)C=CC1=O)C(=O)N[C@@H](CCCNC(N)=O)C(=O)Nc1ccc(COC(=O)N(C)Cc2ccccc2C(=O)Nc2nc3c(ncn3[C@@H]3O[C@H](COP(O)(O)=S)C[C@H]3O[P+](=O)OC[C@@H]3CC[C@H](Oc4ccncn4)C3)c(=O)[nH]2)cc1. The van der Waals surface area contributed by atoms with Crippen LogP contribution in [-0.4, -0.2) is 160 Å². The van der Waals surface area contributed by atoms with Gasteiger partial charge in [0.15, 0.2) is 23.5 Å². The topological polar surface area (TPSA) is 431 Å². The fourth-order valence-electron chi connectivity index (χ4n) is 10.4. The third-order valence-corrected chi connectivity index (χ3v) is 16.7. The molecule has 2 aromatic carbocycles. The smallest absolute Gasteiger partial charge is 0.474 e. The molecule has 93 heavy (non-hydrogen) atoms. The molecule has 3 aliphatic rings. The van der Waals surface area contributed by atoms with Crippen LogP contribution in [0.4, 0.5) is 21.2 Å². The van der Waals surface area contributed by atoms with E-state index in [0.29, 0.717) is 48.4 Å². The van der Waals surface area contributed by atoms with Crippen LogP contribution in [0.5, 0.6) is 5.88 Å². The molecule has 5 aromatic rings. The average molecular weight is 1350 g/mol. The highest BCUT2D eigenvalue weighted by molar-refractivity contribution is 8.06. The molecule has 0 radical (unpaired) electrons. The van der Waals surface area contributed by atoms with Crippen LogP contribution in [0.15, 0.2) is 90.4 Å². The average Bonchev–Trinajstić information content (AvgIpc) is 1.64. The minimum absolute atomic E-state index is 0.00204. The number of aromatic nitrogens is 6. The number of unbranched alkanes of at least 4 members (excludes halogenated alkanes) is 2. The van der Waals surface area contributed by atoms with E-state index < -0.39 is 86.8 Å². The Balaban J connectivity index is 0.835. The summed E-state index contributed by atoms with van der Waals surface area (Å²) in [7, 11) is -1.31. The molecule has 1 saturated heterocycles. The van der Waals surface area contributed by atoms with Crippen LogP contribution in [0.25, 0.3) is 11.2 Å². The van der Waals surface area contributed by atoms with E-state index >= 15 is 0 Å². The number of imide groups is 1. The zero-order valence-corrected chi connectivity index (χ0v) is 53.6. The second-order valence-electron chi connectivity index (χ2n) is 22.5. The Kier molecular flexibility index (Phi) is 25.2. The van der Waals surface area contributed by atoms with Crippen LogP contribution in [0.1, 0.15) is 106 Å². The molecular weight excluding hydrogens is 1270 g/mol. The molecule has 2 unspecified atom stereocenters. The lowest BCUT2D eigenvalue weighted by atomic mass is 10.0. The number of anilines is 2. The lowest BCUT2D eigenvalue weighted by Crippen LogP contribution is -2.54. The molecule has 10 N–H and O–H groups in total. The highest BCUT2D eigenvalue weighted by Gasteiger charge is 2.45. The van der Waals surface area contributed by atoms with Crippen LogP contribution in [0.2, 0.25) is 0 Å². The van der Waals surface area contributed by atoms with Gasteiger partial charge in [0.05, 0.1) is 19.0 Å². The van der Waals surface area contributed by atoms with Gasteiger partial charge < -0.3 is 60.4 Å². The molecule has 9 amide bonds. The van der Waals surface area contributed by atoms with Gasteiger partial charge >= 0.3 is 27.1 Å². The molecule has 1 aliphatic carbocycles. The van der Waals surface area contributed by atoms with Crippen molar-refractivity contribution < 1.29 is 80.5 Å². The number of carbonyl (C=O) groups excluding carboxylic acids is 8. The highest BCUT2D eigenvalue weighted by Crippen LogP contribution is 2.43. The molecule has 0 bridgehead atoms. The molecule has 498 valence electrons. The second-order valence-corrected chi connectivity index (χ2v) is 26.1. The van der Waals surface area contributed by atoms with Crippen molar-refractivity contribution in [2.24, 2.45) is 17.6 Å². The number of carbonyl (C=O) groups is 8. The number of ether oxygens (including phenoxy) is 3. The summed E-state index contributed by atoms with van der Waals surface area (Å²) in [4.78, 5) is 157. The fraction of sp³-hybridized carbons (Fsp3) is 0.466. The lowest BCUT2D eigenvalue weighted by molar-refractivity contribution is -0.137. The number of rotatable bonds is 33. The number of H-pyrrole nitrogens is 1. The zero-order valence-electron chi connectivity index (χ0n) is 51.0. The Morgan fingerprint density at radius 1 is 0.925 bits per heavy atom. The van der Waals surface area contributed by atoms with E-state index in [2.05, 4.69) is 63.3 Å². The minimum atomic E-state index is -4.12. The van der Waals surface area contributed by atoms with Gasteiger partial charge in [0.25, 0.3) is 23.3 Å². The number of nitrogens with two attached hydrogens (primary N) is 1. The standard InChI is InChI=1S/C58H72N14O18P2S/c1-34(2)48(66-44(73)13-5-4-8-25-71-46(74)20-21-47(71)75)53(78)65-42(12-9-23-61-56(59)80)52(77)64-38-17-14-35(15-18-38)29-85-58(81)70(3)28-37-10-6-7-11-41(37)51(76)68-57-67-50-49(54(79)69-57)63-33-72(50)55-43(27-40(89-55)31-87-92(83,84)93)90-91(82)86-30-36-16-19-39(26-36)88-45-22-24-60-32-62-45/h6-7,10-11,14-15,17-18,20-22,24,32-34,36,39-40,42-43,48,55H,4-5,8-9,12-13,16,19,23,25-31H2,1-3H3,(H9-,59,61,64,65,66,67,68,69,73,76,77,78,79,80,83,84,93)/p+1/t36-,39+,40+,42+,43-,48?,55-/m1/s1. The number of benzene rings is 2. The Morgan fingerprint density at radius 2 is 1.69 bits per heavy atom. The molecule has 32 nitrogen and oxygen atoms in total.